The second-order valence-electron chi connectivity index (χ2n) is 7.28. The standard InChI is InChI=1S/C17H32O5Si/c1-7-8-12-23(5,6)22-15(16(18)19)11-9-10-14-13(2)20-17(3,4)21-14/h9-10,13-15H,7-8,11-12H2,1-6H3,(H,18,19). The molecule has 6 heteroatoms. The van der Waals surface area contributed by atoms with Crippen LogP contribution in [0, 0.1) is 0 Å². The maximum absolute atomic E-state index is 11.5. The molecular weight excluding hydrogens is 312 g/mol. The number of aliphatic carboxylic acids is 1. The molecule has 1 aliphatic rings. The Hall–Kier alpha value is -0.693. The van der Waals surface area contributed by atoms with Crippen molar-refractivity contribution >= 4 is 14.3 Å². The molecule has 0 spiro atoms. The SMILES string of the molecule is CCCC[Si](C)(C)OC(CC=CC1OC(C)(C)OC1C)C(=O)O. The molecule has 0 aromatic heterocycles. The number of carbonyl (C=O) groups is 1. The zero-order valence-corrected chi connectivity index (χ0v) is 16.3. The number of hydrogen-bond donors (Lipinski definition) is 1. The molecule has 0 saturated carbocycles. The van der Waals surface area contributed by atoms with Gasteiger partial charge in [-0.1, -0.05) is 31.9 Å². The Labute approximate surface area is 141 Å². The molecule has 5 nitrogen and oxygen atoms in total. The van der Waals surface area contributed by atoms with Gasteiger partial charge < -0.3 is 19.0 Å². The van der Waals surface area contributed by atoms with Crippen molar-refractivity contribution in [3.8, 4) is 0 Å². The number of carboxylic acid groups (broad SMARTS) is 1. The number of carboxylic acids is 1. The first-order valence-electron chi connectivity index (χ1n) is 8.49. The van der Waals surface area contributed by atoms with E-state index in [0.29, 0.717) is 6.42 Å². The Morgan fingerprint density at radius 2 is 2.04 bits per heavy atom. The van der Waals surface area contributed by atoms with Crippen LogP contribution < -0.4 is 0 Å². The van der Waals surface area contributed by atoms with Gasteiger partial charge in [-0.2, -0.15) is 0 Å². The van der Waals surface area contributed by atoms with E-state index in [1.54, 1.807) is 0 Å². The number of unbranched alkanes of at least 4 members (excludes halogenated alkanes) is 1. The van der Waals surface area contributed by atoms with Crippen LogP contribution in [0.3, 0.4) is 0 Å². The van der Waals surface area contributed by atoms with E-state index in [9.17, 15) is 9.90 Å². The van der Waals surface area contributed by atoms with Crippen molar-refractivity contribution in [2.45, 2.75) is 90.2 Å². The molecule has 1 aliphatic heterocycles. The van der Waals surface area contributed by atoms with E-state index in [0.717, 1.165) is 18.9 Å². The van der Waals surface area contributed by atoms with Crippen molar-refractivity contribution < 1.29 is 23.8 Å². The molecule has 1 saturated heterocycles. The largest absolute Gasteiger partial charge is 0.479 e. The molecule has 3 atom stereocenters. The fourth-order valence-corrected chi connectivity index (χ4v) is 5.03. The highest BCUT2D eigenvalue weighted by Gasteiger charge is 2.37. The van der Waals surface area contributed by atoms with Gasteiger partial charge in [-0.05, 0) is 39.9 Å². The van der Waals surface area contributed by atoms with E-state index in [-0.39, 0.29) is 12.2 Å². The minimum Gasteiger partial charge on any atom is -0.479 e. The molecule has 23 heavy (non-hydrogen) atoms. The van der Waals surface area contributed by atoms with Crippen LogP contribution in [0.2, 0.25) is 19.1 Å². The third-order valence-corrected chi connectivity index (χ3v) is 6.38. The molecule has 0 radical (unpaired) electrons. The predicted molar refractivity (Wildman–Crippen MR) is 93.0 cm³/mol. The van der Waals surface area contributed by atoms with Crippen LogP contribution in [-0.4, -0.2) is 43.5 Å². The van der Waals surface area contributed by atoms with Crippen LogP contribution in [0.5, 0.6) is 0 Å². The number of rotatable bonds is 9. The summed E-state index contributed by atoms with van der Waals surface area (Å²) in [6.07, 6.45) is 5.30. The van der Waals surface area contributed by atoms with E-state index in [1.807, 2.05) is 32.9 Å². The van der Waals surface area contributed by atoms with Gasteiger partial charge in [0, 0.05) is 6.42 Å². The van der Waals surface area contributed by atoms with E-state index in [2.05, 4.69) is 20.0 Å². The summed E-state index contributed by atoms with van der Waals surface area (Å²) in [5.41, 5.74) is 0. The Balaban J connectivity index is 2.57. The fraction of sp³-hybridized carbons (Fsp3) is 0.824. The van der Waals surface area contributed by atoms with Crippen molar-refractivity contribution in [2.75, 3.05) is 0 Å². The minimum absolute atomic E-state index is 0.0409. The van der Waals surface area contributed by atoms with Gasteiger partial charge in [0.1, 0.15) is 12.2 Å². The zero-order valence-electron chi connectivity index (χ0n) is 15.3. The van der Waals surface area contributed by atoms with Crippen LogP contribution >= 0.6 is 0 Å². The van der Waals surface area contributed by atoms with Crippen molar-refractivity contribution in [3.05, 3.63) is 12.2 Å². The predicted octanol–water partition coefficient (Wildman–Crippen LogP) is 3.95. The highest BCUT2D eigenvalue weighted by atomic mass is 28.4. The highest BCUT2D eigenvalue weighted by molar-refractivity contribution is 6.71. The molecule has 0 aromatic carbocycles. The summed E-state index contributed by atoms with van der Waals surface area (Å²) >= 11 is 0. The molecule has 0 aromatic rings. The molecule has 0 aliphatic carbocycles. The average Bonchev–Trinajstić information content (AvgIpc) is 2.68. The lowest BCUT2D eigenvalue weighted by molar-refractivity contribution is -0.145. The molecule has 0 bridgehead atoms. The minimum atomic E-state index is -1.94. The molecule has 0 amide bonds. The normalized spacial score (nSPS) is 25.8. The summed E-state index contributed by atoms with van der Waals surface area (Å²) in [4.78, 5) is 11.5. The Morgan fingerprint density at radius 1 is 1.39 bits per heavy atom. The van der Waals surface area contributed by atoms with E-state index in [4.69, 9.17) is 13.9 Å². The summed E-state index contributed by atoms with van der Waals surface area (Å²) in [6.45, 7) is 12.0. The average molecular weight is 345 g/mol. The zero-order chi connectivity index (χ0) is 17.7. The summed E-state index contributed by atoms with van der Waals surface area (Å²) in [5.74, 6) is -1.49. The molecule has 3 unspecified atom stereocenters. The first-order valence-corrected chi connectivity index (χ1v) is 11.6. The van der Waals surface area contributed by atoms with Gasteiger partial charge in [0.05, 0.1) is 6.10 Å². The summed E-state index contributed by atoms with van der Waals surface area (Å²) in [7, 11) is -1.94. The van der Waals surface area contributed by atoms with Crippen LogP contribution in [0.25, 0.3) is 0 Å². The maximum Gasteiger partial charge on any atom is 0.331 e. The van der Waals surface area contributed by atoms with Crippen molar-refractivity contribution in [3.63, 3.8) is 0 Å². The van der Waals surface area contributed by atoms with Gasteiger partial charge in [-0.15, -0.1) is 0 Å². The summed E-state index contributed by atoms with van der Waals surface area (Å²) in [6, 6.07) is 0.988. The third-order valence-electron chi connectivity index (χ3n) is 3.90. The monoisotopic (exact) mass is 344 g/mol. The lowest BCUT2D eigenvalue weighted by Crippen LogP contribution is -2.39. The molecule has 1 fully saturated rings. The lowest BCUT2D eigenvalue weighted by Gasteiger charge is -2.26. The van der Waals surface area contributed by atoms with Gasteiger partial charge in [0.15, 0.2) is 14.1 Å². The third kappa shape index (κ3) is 7.16. The van der Waals surface area contributed by atoms with Crippen LogP contribution in [0.1, 0.15) is 47.0 Å². The number of ether oxygens (including phenoxy) is 2. The van der Waals surface area contributed by atoms with Crippen molar-refractivity contribution in [1.29, 1.82) is 0 Å². The van der Waals surface area contributed by atoms with Crippen LogP contribution in [0.15, 0.2) is 12.2 Å². The van der Waals surface area contributed by atoms with E-state index < -0.39 is 26.2 Å². The van der Waals surface area contributed by atoms with Gasteiger partial charge >= 0.3 is 5.97 Å². The van der Waals surface area contributed by atoms with Gasteiger partial charge in [-0.3, -0.25) is 0 Å². The maximum atomic E-state index is 11.5. The molecular formula is C17H32O5Si. The first-order chi connectivity index (χ1) is 10.6. The quantitative estimate of drug-likeness (QED) is 0.507. The number of hydrogen-bond acceptors (Lipinski definition) is 4. The smallest absolute Gasteiger partial charge is 0.331 e. The molecule has 1 N–H and O–H groups in total. The fourth-order valence-electron chi connectivity index (χ4n) is 2.74. The molecule has 134 valence electrons. The second kappa shape index (κ2) is 8.42. The van der Waals surface area contributed by atoms with Gasteiger partial charge in [0.2, 0.25) is 0 Å². The molecule has 1 heterocycles. The lowest BCUT2D eigenvalue weighted by atomic mass is 10.2. The Morgan fingerprint density at radius 3 is 2.52 bits per heavy atom. The molecule has 1 rings (SSSR count). The summed E-state index contributed by atoms with van der Waals surface area (Å²) < 4.78 is 17.4. The highest BCUT2D eigenvalue weighted by Crippen LogP contribution is 2.28. The van der Waals surface area contributed by atoms with Gasteiger partial charge in [-0.25, -0.2) is 4.79 Å². The van der Waals surface area contributed by atoms with Crippen LogP contribution in [0.4, 0.5) is 0 Å². The second-order valence-corrected chi connectivity index (χ2v) is 11.5. The first kappa shape index (κ1) is 20.4. The Kier molecular flexibility index (Phi) is 7.45. The topological polar surface area (TPSA) is 65.0 Å². The van der Waals surface area contributed by atoms with E-state index in [1.165, 1.54) is 0 Å². The van der Waals surface area contributed by atoms with Crippen molar-refractivity contribution in [1.82, 2.24) is 0 Å². The summed E-state index contributed by atoms with van der Waals surface area (Å²) in [5, 5.41) is 9.40. The van der Waals surface area contributed by atoms with Gasteiger partial charge in [0.25, 0.3) is 0 Å². The van der Waals surface area contributed by atoms with E-state index >= 15 is 0 Å². The van der Waals surface area contributed by atoms with Crippen molar-refractivity contribution in [2.24, 2.45) is 0 Å². The van der Waals surface area contributed by atoms with Crippen LogP contribution in [-0.2, 0) is 18.7 Å². The Bertz CT molecular complexity index is 419.